The molecule has 1 heterocycles. The average molecular weight is 264 g/mol. The lowest BCUT2D eigenvalue weighted by molar-refractivity contribution is 0.0668. The van der Waals surface area contributed by atoms with E-state index in [2.05, 4.69) is 9.88 Å². The molecule has 3 rings (SSSR count). The molecule has 2 saturated carbocycles. The number of hydrogen-bond donors (Lipinski definition) is 0. The predicted molar refractivity (Wildman–Crippen MR) is 73.0 cm³/mol. The summed E-state index contributed by atoms with van der Waals surface area (Å²) in [6.45, 7) is 3.93. The van der Waals surface area contributed by atoms with Crippen molar-refractivity contribution in [1.82, 2.24) is 9.88 Å². The Kier molecular flexibility index (Phi) is 3.14. The van der Waals surface area contributed by atoms with E-state index in [4.69, 9.17) is 0 Å². The predicted octanol–water partition coefficient (Wildman–Crippen LogP) is 3.31. The third kappa shape index (κ3) is 2.18. The van der Waals surface area contributed by atoms with Crippen LogP contribution in [0.2, 0.25) is 0 Å². The first kappa shape index (κ1) is 12.2. The molecule has 4 heteroatoms. The quantitative estimate of drug-likeness (QED) is 0.839. The van der Waals surface area contributed by atoms with Crippen LogP contribution in [-0.4, -0.2) is 27.9 Å². The Bertz CT molecular complexity index is 458. The highest BCUT2D eigenvalue weighted by Crippen LogP contribution is 2.36. The number of thiazole rings is 1. The lowest BCUT2D eigenvalue weighted by Gasteiger charge is -2.28. The van der Waals surface area contributed by atoms with Crippen molar-refractivity contribution in [2.24, 2.45) is 0 Å². The summed E-state index contributed by atoms with van der Waals surface area (Å²) in [6.07, 6.45) is 7.33. The van der Waals surface area contributed by atoms with Crippen molar-refractivity contribution in [1.29, 1.82) is 0 Å². The molecule has 0 bridgehead atoms. The largest absolute Gasteiger partial charge is 0.332 e. The summed E-state index contributed by atoms with van der Waals surface area (Å²) in [5, 5.41) is 0.998. The molecule has 0 atom stereocenters. The van der Waals surface area contributed by atoms with Crippen LogP contribution in [0.3, 0.4) is 0 Å². The van der Waals surface area contributed by atoms with Crippen LogP contribution in [0, 0.1) is 13.8 Å². The molecule has 0 saturated heterocycles. The van der Waals surface area contributed by atoms with Gasteiger partial charge in [0.2, 0.25) is 0 Å². The van der Waals surface area contributed by atoms with E-state index in [1.54, 1.807) is 11.3 Å². The molecule has 3 nitrogen and oxygen atoms in total. The molecule has 98 valence electrons. The lowest BCUT2D eigenvalue weighted by atomic mass is 10.2. The first-order chi connectivity index (χ1) is 8.66. The maximum atomic E-state index is 12.7. The minimum atomic E-state index is 0.243. The molecular weight excluding hydrogens is 244 g/mol. The minimum Gasteiger partial charge on any atom is -0.332 e. The number of hydrogen-bond acceptors (Lipinski definition) is 3. The van der Waals surface area contributed by atoms with Gasteiger partial charge in [0.1, 0.15) is 4.88 Å². The van der Waals surface area contributed by atoms with Gasteiger partial charge in [-0.3, -0.25) is 4.79 Å². The Balaban J connectivity index is 1.85. The summed E-state index contributed by atoms with van der Waals surface area (Å²) in [6, 6.07) is 1.01. The number of rotatable bonds is 3. The van der Waals surface area contributed by atoms with Crippen molar-refractivity contribution in [3.05, 3.63) is 15.6 Å². The summed E-state index contributed by atoms with van der Waals surface area (Å²) in [4.78, 5) is 20.2. The van der Waals surface area contributed by atoms with E-state index in [-0.39, 0.29) is 5.91 Å². The van der Waals surface area contributed by atoms with Crippen molar-refractivity contribution in [3.63, 3.8) is 0 Å². The fourth-order valence-corrected chi connectivity index (χ4v) is 3.88. The van der Waals surface area contributed by atoms with Crippen LogP contribution in [0.5, 0.6) is 0 Å². The average Bonchev–Trinajstić information content (AvgIpc) is 2.87. The Morgan fingerprint density at radius 3 is 2.28 bits per heavy atom. The van der Waals surface area contributed by atoms with Crippen molar-refractivity contribution >= 4 is 17.2 Å². The van der Waals surface area contributed by atoms with Crippen molar-refractivity contribution in [2.45, 2.75) is 64.5 Å². The smallest absolute Gasteiger partial charge is 0.266 e. The van der Waals surface area contributed by atoms with E-state index >= 15 is 0 Å². The molecule has 18 heavy (non-hydrogen) atoms. The van der Waals surface area contributed by atoms with Gasteiger partial charge in [-0.25, -0.2) is 4.98 Å². The maximum absolute atomic E-state index is 12.7. The SMILES string of the molecule is Cc1nc(C)c(C(=O)N(C2CCCC2)C2CC2)s1. The normalized spacial score (nSPS) is 20.3. The van der Waals surface area contributed by atoms with Gasteiger partial charge in [0.05, 0.1) is 10.7 Å². The Labute approximate surface area is 112 Å². The number of nitrogens with zero attached hydrogens (tertiary/aromatic N) is 2. The first-order valence-electron chi connectivity index (χ1n) is 6.93. The van der Waals surface area contributed by atoms with Crippen LogP contribution in [0.25, 0.3) is 0 Å². The second-order valence-electron chi connectivity index (χ2n) is 5.53. The van der Waals surface area contributed by atoms with E-state index in [1.165, 1.54) is 38.5 Å². The standard InChI is InChI=1S/C14H20N2OS/c1-9-13(18-10(2)15-9)14(17)16(12-7-8-12)11-5-3-4-6-11/h11-12H,3-8H2,1-2H3. The maximum Gasteiger partial charge on any atom is 0.266 e. The molecule has 0 radical (unpaired) electrons. The third-order valence-corrected chi connectivity index (χ3v) is 5.05. The molecule has 2 aliphatic rings. The van der Waals surface area contributed by atoms with Crippen LogP contribution in [0.1, 0.15) is 58.9 Å². The number of amides is 1. The van der Waals surface area contributed by atoms with Gasteiger partial charge in [-0.2, -0.15) is 0 Å². The van der Waals surface area contributed by atoms with Gasteiger partial charge < -0.3 is 4.90 Å². The van der Waals surface area contributed by atoms with Crippen LogP contribution in [0.4, 0.5) is 0 Å². The van der Waals surface area contributed by atoms with E-state index in [9.17, 15) is 4.79 Å². The first-order valence-corrected chi connectivity index (χ1v) is 7.75. The zero-order chi connectivity index (χ0) is 12.7. The summed E-state index contributed by atoms with van der Waals surface area (Å²) in [5.41, 5.74) is 0.908. The molecule has 1 amide bonds. The van der Waals surface area contributed by atoms with Gasteiger partial charge >= 0.3 is 0 Å². The molecule has 0 spiro atoms. The summed E-state index contributed by atoms with van der Waals surface area (Å²) in [5.74, 6) is 0.243. The second-order valence-corrected chi connectivity index (χ2v) is 6.73. The highest BCUT2D eigenvalue weighted by Gasteiger charge is 2.39. The highest BCUT2D eigenvalue weighted by molar-refractivity contribution is 7.13. The Morgan fingerprint density at radius 2 is 1.78 bits per heavy atom. The topological polar surface area (TPSA) is 33.2 Å². The molecule has 0 N–H and O–H groups in total. The molecule has 1 aromatic rings. The number of carbonyl (C=O) groups is 1. The molecule has 0 aliphatic heterocycles. The van der Waals surface area contributed by atoms with Crippen molar-refractivity contribution in [3.8, 4) is 0 Å². The molecule has 2 fully saturated rings. The van der Waals surface area contributed by atoms with E-state index in [0.717, 1.165) is 15.6 Å². The highest BCUT2D eigenvalue weighted by atomic mass is 32.1. The fraction of sp³-hybridized carbons (Fsp3) is 0.714. The van der Waals surface area contributed by atoms with Gasteiger partial charge in [0.15, 0.2) is 0 Å². The van der Waals surface area contributed by atoms with Crippen LogP contribution in [-0.2, 0) is 0 Å². The molecular formula is C14H20N2OS. The monoisotopic (exact) mass is 264 g/mol. The summed E-state index contributed by atoms with van der Waals surface area (Å²) < 4.78 is 0. The number of aromatic nitrogens is 1. The molecule has 1 aromatic heterocycles. The minimum absolute atomic E-state index is 0.243. The van der Waals surface area contributed by atoms with Gasteiger partial charge in [-0.1, -0.05) is 12.8 Å². The zero-order valence-electron chi connectivity index (χ0n) is 11.1. The van der Waals surface area contributed by atoms with Crippen LogP contribution in [0.15, 0.2) is 0 Å². The number of carbonyl (C=O) groups excluding carboxylic acids is 1. The van der Waals surface area contributed by atoms with Gasteiger partial charge in [-0.05, 0) is 39.5 Å². The van der Waals surface area contributed by atoms with E-state index < -0.39 is 0 Å². The third-order valence-electron chi connectivity index (χ3n) is 3.99. The Morgan fingerprint density at radius 1 is 1.17 bits per heavy atom. The van der Waals surface area contributed by atoms with E-state index in [0.29, 0.717) is 12.1 Å². The summed E-state index contributed by atoms with van der Waals surface area (Å²) >= 11 is 1.55. The summed E-state index contributed by atoms with van der Waals surface area (Å²) in [7, 11) is 0. The lowest BCUT2D eigenvalue weighted by Crippen LogP contribution is -2.40. The second kappa shape index (κ2) is 4.65. The molecule has 0 aromatic carbocycles. The van der Waals surface area contributed by atoms with E-state index in [1.807, 2.05) is 13.8 Å². The van der Waals surface area contributed by atoms with Gasteiger partial charge in [0.25, 0.3) is 5.91 Å². The van der Waals surface area contributed by atoms with Gasteiger partial charge in [-0.15, -0.1) is 11.3 Å². The number of aryl methyl sites for hydroxylation is 2. The molecule has 0 unspecified atom stereocenters. The van der Waals surface area contributed by atoms with Crippen molar-refractivity contribution in [2.75, 3.05) is 0 Å². The zero-order valence-corrected chi connectivity index (χ0v) is 11.9. The Hall–Kier alpha value is -0.900. The van der Waals surface area contributed by atoms with Crippen LogP contribution >= 0.6 is 11.3 Å². The van der Waals surface area contributed by atoms with Gasteiger partial charge in [0, 0.05) is 12.1 Å². The fourth-order valence-electron chi connectivity index (χ4n) is 3.01. The molecule has 2 aliphatic carbocycles. The van der Waals surface area contributed by atoms with Crippen LogP contribution < -0.4 is 0 Å². The van der Waals surface area contributed by atoms with Crippen molar-refractivity contribution < 1.29 is 4.79 Å².